The van der Waals surface area contributed by atoms with Crippen LogP contribution < -0.4 is 5.32 Å². The predicted molar refractivity (Wildman–Crippen MR) is 130 cm³/mol. The maximum absolute atomic E-state index is 14.2. The molecule has 5 nitrogen and oxygen atoms in total. The standard InChI is InChI=1S/C18H12ClFN4.C7H15N/c1-10-6-16-14(21-8-10)4-5-15(24-16)18-17(22-9-23-18)12-7-11(19)2-3-13(12)20;1-3-5-7-8-6-4-2/h2-9H,1H3,(H,22,23);3,8H,1,4-7H2,2H3. The van der Waals surface area contributed by atoms with Gasteiger partial charge in [-0.1, -0.05) is 24.6 Å². The third-order valence-electron chi connectivity index (χ3n) is 4.71. The molecule has 0 atom stereocenters. The predicted octanol–water partition coefficient (Wildman–Crippen LogP) is 6.35. The van der Waals surface area contributed by atoms with E-state index in [0.717, 1.165) is 36.1 Å². The quantitative estimate of drug-likeness (QED) is 0.254. The maximum atomic E-state index is 14.2. The number of halogens is 2. The Morgan fingerprint density at radius 1 is 1.12 bits per heavy atom. The molecule has 0 spiro atoms. The fourth-order valence-electron chi connectivity index (χ4n) is 3.13. The van der Waals surface area contributed by atoms with Crippen LogP contribution in [0.2, 0.25) is 5.02 Å². The van der Waals surface area contributed by atoms with Crippen LogP contribution >= 0.6 is 11.6 Å². The van der Waals surface area contributed by atoms with Crippen molar-refractivity contribution in [1.82, 2.24) is 25.3 Å². The van der Waals surface area contributed by atoms with Gasteiger partial charge in [0, 0.05) is 16.8 Å². The van der Waals surface area contributed by atoms with Crippen LogP contribution in [0.15, 0.2) is 61.6 Å². The van der Waals surface area contributed by atoms with Crippen molar-refractivity contribution in [3.8, 4) is 22.6 Å². The first-order valence-electron chi connectivity index (χ1n) is 10.6. The fraction of sp³-hybridized carbons (Fsp3) is 0.240. The average molecular weight is 452 g/mol. The number of rotatable bonds is 7. The number of benzene rings is 1. The number of aryl methyl sites for hydroxylation is 1. The van der Waals surface area contributed by atoms with Gasteiger partial charge >= 0.3 is 0 Å². The van der Waals surface area contributed by atoms with Crippen molar-refractivity contribution in [2.24, 2.45) is 0 Å². The summed E-state index contributed by atoms with van der Waals surface area (Å²) in [5, 5.41) is 3.72. The molecule has 166 valence electrons. The Morgan fingerprint density at radius 3 is 2.75 bits per heavy atom. The molecule has 0 saturated carbocycles. The van der Waals surface area contributed by atoms with Gasteiger partial charge in [0.15, 0.2) is 0 Å². The Labute approximate surface area is 192 Å². The largest absolute Gasteiger partial charge is 0.343 e. The second-order valence-corrected chi connectivity index (χ2v) is 7.76. The number of hydrogen-bond acceptors (Lipinski definition) is 4. The van der Waals surface area contributed by atoms with Crippen LogP contribution in [0.25, 0.3) is 33.7 Å². The van der Waals surface area contributed by atoms with E-state index in [1.165, 1.54) is 24.9 Å². The zero-order chi connectivity index (χ0) is 22.9. The van der Waals surface area contributed by atoms with Gasteiger partial charge < -0.3 is 10.3 Å². The van der Waals surface area contributed by atoms with Crippen LogP contribution in [-0.2, 0) is 0 Å². The summed E-state index contributed by atoms with van der Waals surface area (Å²) in [4.78, 5) is 16.3. The first-order chi connectivity index (χ1) is 15.5. The molecule has 1 aromatic carbocycles. The number of hydrogen-bond donors (Lipinski definition) is 2. The van der Waals surface area contributed by atoms with Gasteiger partial charge in [-0.2, -0.15) is 0 Å². The van der Waals surface area contributed by atoms with Crippen LogP contribution in [0.4, 0.5) is 4.39 Å². The molecule has 4 aromatic rings. The normalized spacial score (nSPS) is 10.6. The molecule has 0 aliphatic rings. The van der Waals surface area contributed by atoms with E-state index in [2.05, 4.69) is 38.8 Å². The van der Waals surface area contributed by atoms with Gasteiger partial charge in [0.1, 0.15) is 11.5 Å². The number of aromatic nitrogens is 4. The summed E-state index contributed by atoms with van der Waals surface area (Å²) in [6.07, 6.45) is 7.55. The van der Waals surface area contributed by atoms with Crippen molar-refractivity contribution in [2.75, 3.05) is 13.1 Å². The first kappa shape index (κ1) is 23.6. The molecular weight excluding hydrogens is 425 g/mol. The average Bonchev–Trinajstić information content (AvgIpc) is 3.28. The minimum absolute atomic E-state index is 0.336. The zero-order valence-corrected chi connectivity index (χ0v) is 19.1. The SMILES string of the molecule is C=CCCNCCC.Cc1cnc2ccc(-c3[nH]cnc3-c3cc(Cl)ccc3F)nc2c1. The number of H-pyrrole nitrogens is 1. The highest BCUT2D eigenvalue weighted by Gasteiger charge is 2.16. The van der Waals surface area contributed by atoms with Crippen molar-refractivity contribution >= 4 is 22.6 Å². The van der Waals surface area contributed by atoms with Gasteiger partial charge in [-0.05, 0) is 74.8 Å². The van der Waals surface area contributed by atoms with Gasteiger partial charge in [-0.3, -0.25) is 4.98 Å². The van der Waals surface area contributed by atoms with Crippen LogP contribution in [0, 0.1) is 12.7 Å². The fourth-order valence-corrected chi connectivity index (χ4v) is 3.30. The summed E-state index contributed by atoms with van der Waals surface area (Å²) in [5.74, 6) is -0.383. The lowest BCUT2D eigenvalue weighted by Gasteiger charge is -2.06. The maximum Gasteiger partial charge on any atom is 0.132 e. The molecule has 7 heteroatoms. The number of imidazole rings is 1. The van der Waals surface area contributed by atoms with Crippen molar-refractivity contribution in [2.45, 2.75) is 26.7 Å². The zero-order valence-electron chi connectivity index (χ0n) is 18.3. The van der Waals surface area contributed by atoms with E-state index >= 15 is 0 Å². The Kier molecular flexibility index (Phi) is 8.48. The van der Waals surface area contributed by atoms with Gasteiger partial charge in [0.2, 0.25) is 0 Å². The van der Waals surface area contributed by atoms with Gasteiger partial charge in [-0.15, -0.1) is 6.58 Å². The number of nitrogens with one attached hydrogen (secondary N) is 2. The highest BCUT2D eigenvalue weighted by Crippen LogP contribution is 2.32. The summed E-state index contributed by atoms with van der Waals surface area (Å²) >= 11 is 6.00. The van der Waals surface area contributed by atoms with Crippen molar-refractivity contribution < 1.29 is 4.39 Å². The van der Waals surface area contributed by atoms with Gasteiger partial charge in [-0.25, -0.2) is 14.4 Å². The second-order valence-electron chi connectivity index (χ2n) is 7.33. The van der Waals surface area contributed by atoms with E-state index in [9.17, 15) is 4.39 Å². The molecule has 0 amide bonds. The highest BCUT2D eigenvalue weighted by atomic mass is 35.5. The molecule has 3 aromatic heterocycles. The first-order valence-corrected chi connectivity index (χ1v) is 11.0. The summed E-state index contributed by atoms with van der Waals surface area (Å²) in [5.41, 5.74) is 4.73. The summed E-state index contributed by atoms with van der Waals surface area (Å²) in [7, 11) is 0. The summed E-state index contributed by atoms with van der Waals surface area (Å²) < 4.78 is 14.2. The Hall–Kier alpha value is -3.09. The monoisotopic (exact) mass is 451 g/mol. The lowest BCUT2D eigenvalue weighted by Crippen LogP contribution is -2.14. The topological polar surface area (TPSA) is 66.5 Å². The second kappa shape index (κ2) is 11.5. The number of aromatic amines is 1. The van der Waals surface area contributed by atoms with Crippen LogP contribution in [0.3, 0.4) is 0 Å². The number of nitrogens with zero attached hydrogens (tertiary/aromatic N) is 3. The van der Waals surface area contributed by atoms with Gasteiger partial charge in [0.05, 0.1) is 28.7 Å². The molecule has 4 rings (SSSR count). The minimum atomic E-state index is -0.383. The van der Waals surface area contributed by atoms with Crippen molar-refractivity contribution in [3.63, 3.8) is 0 Å². The van der Waals surface area contributed by atoms with E-state index in [1.807, 2.05) is 31.2 Å². The third kappa shape index (κ3) is 5.99. The molecule has 0 radical (unpaired) electrons. The smallest absolute Gasteiger partial charge is 0.132 e. The molecule has 0 fully saturated rings. The lowest BCUT2D eigenvalue weighted by molar-refractivity contribution is 0.631. The van der Waals surface area contributed by atoms with E-state index in [4.69, 9.17) is 11.6 Å². The third-order valence-corrected chi connectivity index (χ3v) is 4.94. The number of pyridine rings is 2. The van der Waals surface area contributed by atoms with Crippen LogP contribution in [0.1, 0.15) is 25.3 Å². The molecule has 0 bridgehead atoms. The lowest BCUT2D eigenvalue weighted by atomic mass is 10.1. The van der Waals surface area contributed by atoms with Crippen LogP contribution in [0.5, 0.6) is 0 Å². The molecule has 0 unspecified atom stereocenters. The molecule has 2 N–H and O–H groups in total. The van der Waals surface area contributed by atoms with E-state index in [-0.39, 0.29) is 5.82 Å². The Balaban J connectivity index is 0.000000312. The molecule has 0 aliphatic heterocycles. The number of fused-ring (bicyclic) bond motifs is 1. The van der Waals surface area contributed by atoms with Crippen molar-refractivity contribution in [3.05, 3.63) is 78.0 Å². The Bertz CT molecular complexity index is 1190. The van der Waals surface area contributed by atoms with Crippen molar-refractivity contribution in [1.29, 1.82) is 0 Å². The molecule has 3 heterocycles. The van der Waals surface area contributed by atoms with Crippen LogP contribution in [-0.4, -0.2) is 33.0 Å². The summed E-state index contributed by atoms with van der Waals surface area (Å²) in [6, 6.07) is 10.1. The molecule has 32 heavy (non-hydrogen) atoms. The molecular formula is C25H27ClFN5. The van der Waals surface area contributed by atoms with E-state index in [1.54, 1.807) is 12.3 Å². The highest BCUT2D eigenvalue weighted by molar-refractivity contribution is 6.30. The summed E-state index contributed by atoms with van der Waals surface area (Å²) in [6.45, 7) is 9.96. The molecule has 0 saturated heterocycles. The minimum Gasteiger partial charge on any atom is -0.343 e. The Morgan fingerprint density at radius 2 is 1.97 bits per heavy atom. The molecule has 0 aliphatic carbocycles. The van der Waals surface area contributed by atoms with E-state index < -0.39 is 0 Å². The van der Waals surface area contributed by atoms with E-state index in [0.29, 0.717) is 27.7 Å². The van der Waals surface area contributed by atoms with Gasteiger partial charge in [0.25, 0.3) is 0 Å².